The van der Waals surface area contributed by atoms with Crippen LogP contribution < -0.4 is 0 Å². The lowest BCUT2D eigenvalue weighted by molar-refractivity contribution is 0.116. The first-order chi connectivity index (χ1) is 11.6. The largest absolute Gasteiger partial charge is 0.299 e. The average molecular weight is 318 g/mol. The van der Waals surface area contributed by atoms with Crippen molar-refractivity contribution in [2.24, 2.45) is 5.41 Å². The minimum absolute atomic E-state index is 0.221. The minimum Gasteiger partial charge on any atom is -0.299 e. The van der Waals surface area contributed by atoms with E-state index in [9.17, 15) is 0 Å². The van der Waals surface area contributed by atoms with Gasteiger partial charge in [0.15, 0.2) is 0 Å². The zero-order valence-corrected chi connectivity index (χ0v) is 14.8. The van der Waals surface area contributed by atoms with Crippen molar-refractivity contribution in [3.63, 3.8) is 0 Å². The third kappa shape index (κ3) is 3.86. The van der Waals surface area contributed by atoms with Gasteiger partial charge in [0.1, 0.15) is 0 Å². The van der Waals surface area contributed by atoms with E-state index in [4.69, 9.17) is 5.26 Å². The van der Waals surface area contributed by atoms with Gasteiger partial charge >= 0.3 is 0 Å². The number of piperidine rings is 1. The molecule has 2 heteroatoms. The predicted octanol–water partition coefficient (Wildman–Crippen LogP) is 5.18. The van der Waals surface area contributed by atoms with Crippen molar-refractivity contribution < 1.29 is 0 Å². The van der Waals surface area contributed by atoms with Gasteiger partial charge in [-0.2, -0.15) is 5.26 Å². The number of rotatable bonds is 4. The van der Waals surface area contributed by atoms with Gasteiger partial charge in [-0.25, -0.2) is 0 Å². The van der Waals surface area contributed by atoms with E-state index in [0.29, 0.717) is 6.42 Å². The van der Waals surface area contributed by atoms with Crippen LogP contribution in [0.4, 0.5) is 0 Å². The van der Waals surface area contributed by atoms with Gasteiger partial charge in [-0.1, -0.05) is 55.5 Å². The molecule has 24 heavy (non-hydrogen) atoms. The van der Waals surface area contributed by atoms with E-state index >= 15 is 0 Å². The highest BCUT2D eigenvalue weighted by atomic mass is 15.1. The van der Waals surface area contributed by atoms with Gasteiger partial charge in [0, 0.05) is 13.0 Å². The van der Waals surface area contributed by atoms with Crippen LogP contribution in [0, 0.1) is 23.7 Å². The molecule has 0 amide bonds. The molecule has 0 N–H and O–H groups in total. The number of nitriles is 1. The Bertz CT molecular complexity index is 719. The lowest BCUT2D eigenvalue weighted by Crippen LogP contribution is -2.38. The highest BCUT2D eigenvalue weighted by molar-refractivity contribution is 5.67. The van der Waals surface area contributed by atoms with E-state index in [2.05, 4.69) is 73.3 Å². The SMILES string of the molecule is Cc1cc(CN2CCC(C)(CC#N)CC2)ccc1-c1ccccc1. The molecule has 1 fully saturated rings. The summed E-state index contributed by atoms with van der Waals surface area (Å²) in [6.45, 7) is 7.66. The number of aryl methyl sites for hydroxylation is 1. The van der Waals surface area contributed by atoms with Crippen molar-refractivity contribution >= 4 is 0 Å². The summed E-state index contributed by atoms with van der Waals surface area (Å²) in [5, 5.41) is 8.97. The number of benzene rings is 2. The molecule has 0 bridgehead atoms. The minimum atomic E-state index is 0.221. The predicted molar refractivity (Wildman–Crippen MR) is 99.5 cm³/mol. The Morgan fingerprint density at radius 2 is 1.79 bits per heavy atom. The summed E-state index contributed by atoms with van der Waals surface area (Å²) in [6, 6.07) is 19.8. The van der Waals surface area contributed by atoms with Crippen LogP contribution in [0.3, 0.4) is 0 Å². The maximum Gasteiger partial charge on any atom is 0.0627 e. The Hall–Kier alpha value is -2.11. The summed E-state index contributed by atoms with van der Waals surface area (Å²) in [5.74, 6) is 0. The Balaban J connectivity index is 1.65. The Morgan fingerprint density at radius 1 is 1.08 bits per heavy atom. The molecule has 1 heterocycles. The number of nitrogens with zero attached hydrogens (tertiary/aromatic N) is 2. The van der Waals surface area contributed by atoms with E-state index in [-0.39, 0.29) is 5.41 Å². The first kappa shape index (κ1) is 16.7. The Kier molecular flexibility index (Phi) is 5.02. The molecule has 0 aliphatic carbocycles. The van der Waals surface area contributed by atoms with Crippen LogP contribution in [0.2, 0.25) is 0 Å². The summed E-state index contributed by atoms with van der Waals surface area (Å²) in [7, 11) is 0. The highest BCUT2D eigenvalue weighted by Gasteiger charge is 2.29. The first-order valence-electron chi connectivity index (χ1n) is 8.84. The standard InChI is InChI=1S/C22H26N2/c1-18-16-19(8-9-21(18)20-6-4-3-5-7-20)17-24-14-11-22(2,10-13-23)12-15-24/h3-9,16H,10-12,14-15,17H2,1-2H3. The lowest BCUT2D eigenvalue weighted by atomic mass is 9.78. The first-order valence-corrected chi connectivity index (χ1v) is 8.84. The number of hydrogen-bond donors (Lipinski definition) is 0. The number of likely N-dealkylation sites (tertiary alicyclic amines) is 1. The molecule has 0 aromatic heterocycles. The lowest BCUT2D eigenvalue weighted by Gasteiger charge is -2.38. The molecule has 124 valence electrons. The van der Waals surface area contributed by atoms with Gasteiger partial charge in [-0.15, -0.1) is 0 Å². The van der Waals surface area contributed by atoms with Gasteiger partial charge in [0.25, 0.3) is 0 Å². The molecule has 0 saturated carbocycles. The van der Waals surface area contributed by atoms with E-state index in [1.165, 1.54) is 22.3 Å². The van der Waals surface area contributed by atoms with Crippen molar-refractivity contribution in [2.45, 2.75) is 39.7 Å². The van der Waals surface area contributed by atoms with Crippen LogP contribution in [0.5, 0.6) is 0 Å². The maximum atomic E-state index is 8.97. The maximum absolute atomic E-state index is 8.97. The smallest absolute Gasteiger partial charge is 0.0627 e. The molecule has 0 atom stereocenters. The van der Waals surface area contributed by atoms with Gasteiger partial charge in [0.2, 0.25) is 0 Å². The summed E-state index contributed by atoms with van der Waals surface area (Å²) >= 11 is 0. The highest BCUT2D eigenvalue weighted by Crippen LogP contribution is 2.34. The molecule has 1 aliphatic rings. The summed E-state index contributed by atoms with van der Waals surface area (Å²) in [6.07, 6.45) is 2.94. The topological polar surface area (TPSA) is 27.0 Å². The molecular formula is C22H26N2. The second-order valence-electron chi connectivity index (χ2n) is 7.44. The normalized spacial score (nSPS) is 17.4. The Labute approximate surface area is 145 Å². The molecule has 2 aromatic rings. The quantitative estimate of drug-likeness (QED) is 0.777. The molecular weight excluding hydrogens is 292 g/mol. The van der Waals surface area contributed by atoms with Crippen LogP contribution in [0.1, 0.15) is 37.3 Å². The zero-order valence-electron chi connectivity index (χ0n) is 14.8. The van der Waals surface area contributed by atoms with Gasteiger partial charge in [0.05, 0.1) is 6.07 Å². The fraction of sp³-hybridized carbons (Fsp3) is 0.409. The molecule has 0 spiro atoms. The van der Waals surface area contributed by atoms with E-state index in [1.807, 2.05) is 0 Å². The van der Waals surface area contributed by atoms with Crippen molar-refractivity contribution in [1.82, 2.24) is 4.90 Å². The van der Waals surface area contributed by atoms with Crippen molar-refractivity contribution in [3.05, 3.63) is 59.7 Å². The monoisotopic (exact) mass is 318 g/mol. The van der Waals surface area contributed by atoms with Crippen LogP contribution in [-0.4, -0.2) is 18.0 Å². The number of hydrogen-bond acceptors (Lipinski definition) is 2. The van der Waals surface area contributed by atoms with Crippen LogP contribution >= 0.6 is 0 Å². The molecule has 1 aliphatic heterocycles. The van der Waals surface area contributed by atoms with E-state index in [1.54, 1.807) is 0 Å². The van der Waals surface area contributed by atoms with Gasteiger partial charge in [-0.05, 0) is 60.5 Å². The van der Waals surface area contributed by atoms with Crippen molar-refractivity contribution in [2.75, 3.05) is 13.1 Å². The molecule has 3 rings (SSSR count). The van der Waals surface area contributed by atoms with Crippen molar-refractivity contribution in [1.29, 1.82) is 5.26 Å². The molecule has 0 radical (unpaired) electrons. The van der Waals surface area contributed by atoms with E-state index < -0.39 is 0 Å². The fourth-order valence-electron chi connectivity index (χ4n) is 3.64. The molecule has 2 aromatic carbocycles. The molecule has 1 saturated heterocycles. The third-order valence-corrected chi connectivity index (χ3v) is 5.35. The molecule has 2 nitrogen and oxygen atoms in total. The third-order valence-electron chi connectivity index (χ3n) is 5.35. The van der Waals surface area contributed by atoms with E-state index in [0.717, 1.165) is 32.5 Å². The zero-order chi connectivity index (χ0) is 17.0. The summed E-state index contributed by atoms with van der Waals surface area (Å²) in [4.78, 5) is 2.52. The fourth-order valence-corrected chi connectivity index (χ4v) is 3.64. The van der Waals surface area contributed by atoms with Gasteiger partial charge in [-0.3, -0.25) is 4.90 Å². The van der Waals surface area contributed by atoms with Crippen molar-refractivity contribution in [3.8, 4) is 17.2 Å². The van der Waals surface area contributed by atoms with Crippen LogP contribution in [0.25, 0.3) is 11.1 Å². The summed E-state index contributed by atoms with van der Waals surface area (Å²) in [5.41, 5.74) is 5.55. The average Bonchev–Trinajstić information content (AvgIpc) is 2.58. The van der Waals surface area contributed by atoms with Gasteiger partial charge < -0.3 is 0 Å². The second-order valence-corrected chi connectivity index (χ2v) is 7.44. The molecule has 0 unspecified atom stereocenters. The Morgan fingerprint density at radius 3 is 2.42 bits per heavy atom. The second kappa shape index (κ2) is 7.20. The van der Waals surface area contributed by atoms with Crippen LogP contribution in [-0.2, 0) is 6.54 Å². The summed E-state index contributed by atoms with van der Waals surface area (Å²) < 4.78 is 0. The van der Waals surface area contributed by atoms with Crippen LogP contribution in [0.15, 0.2) is 48.5 Å².